The van der Waals surface area contributed by atoms with Crippen molar-refractivity contribution in [2.24, 2.45) is 15.2 Å². The number of aromatic hydroxyl groups is 1. The summed E-state index contributed by atoms with van der Waals surface area (Å²) in [6, 6.07) is 14.0. The fourth-order valence-electron chi connectivity index (χ4n) is 2.79. The second kappa shape index (κ2) is 7.61. The van der Waals surface area contributed by atoms with E-state index in [9.17, 15) is 9.90 Å². The molecule has 1 N–H and O–H groups in total. The van der Waals surface area contributed by atoms with Crippen LogP contribution in [0.15, 0.2) is 72.9 Å². The molecule has 0 saturated carbocycles. The van der Waals surface area contributed by atoms with E-state index in [1.165, 1.54) is 11.8 Å². The standard InChI is InChI=1S/C20H14ClN3O3S/c1-11-17(16-18(25)14-4-2-3-5-15(14)27-19(16)26)23-20(28-11)24-22-10-12-6-8-13(21)9-7-12/h2-11,25H,1H3/b22-10+,24-20-/t11-/m1/s1. The van der Waals surface area contributed by atoms with Gasteiger partial charge in [0.15, 0.2) is 0 Å². The second-order valence-corrected chi connectivity index (χ2v) is 7.79. The summed E-state index contributed by atoms with van der Waals surface area (Å²) in [5.41, 5.74) is 1.03. The summed E-state index contributed by atoms with van der Waals surface area (Å²) >= 11 is 7.20. The third kappa shape index (κ3) is 3.58. The summed E-state index contributed by atoms with van der Waals surface area (Å²) < 4.78 is 5.33. The Labute approximate surface area is 169 Å². The highest BCUT2D eigenvalue weighted by Gasteiger charge is 2.29. The van der Waals surface area contributed by atoms with Gasteiger partial charge in [0.2, 0.25) is 5.17 Å². The fraction of sp³-hybridized carbons (Fsp3) is 0.100. The molecule has 0 bridgehead atoms. The molecule has 0 radical (unpaired) electrons. The third-order valence-corrected chi connectivity index (χ3v) is 5.36. The lowest BCUT2D eigenvalue weighted by Gasteiger charge is -2.08. The molecule has 2 heterocycles. The van der Waals surface area contributed by atoms with Crippen LogP contribution < -0.4 is 5.63 Å². The van der Waals surface area contributed by atoms with Crippen LogP contribution in [0.5, 0.6) is 5.75 Å². The highest BCUT2D eigenvalue weighted by molar-refractivity contribution is 8.15. The lowest BCUT2D eigenvalue weighted by atomic mass is 10.1. The predicted molar refractivity (Wildman–Crippen MR) is 114 cm³/mol. The molecular formula is C20H14ClN3O3S. The van der Waals surface area contributed by atoms with E-state index < -0.39 is 5.63 Å². The Bertz CT molecular complexity index is 1200. The molecule has 0 fully saturated rings. The first kappa shape index (κ1) is 18.5. The van der Waals surface area contributed by atoms with E-state index in [0.717, 1.165) is 5.56 Å². The van der Waals surface area contributed by atoms with Gasteiger partial charge < -0.3 is 9.52 Å². The van der Waals surface area contributed by atoms with Crippen molar-refractivity contribution >= 4 is 51.4 Å². The molecule has 28 heavy (non-hydrogen) atoms. The molecule has 6 nitrogen and oxygen atoms in total. The number of halogens is 1. The minimum atomic E-state index is -0.631. The monoisotopic (exact) mass is 411 g/mol. The van der Waals surface area contributed by atoms with Crippen molar-refractivity contribution in [3.05, 3.63) is 75.1 Å². The summed E-state index contributed by atoms with van der Waals surface area (Å²) in [5, 5.41) is 20.1. The molecule has 1 aliphatic heterocycles. The van der Waals surface area contributed by atoms with Gasteiger partial charge in [-0.1, -0.05) is 47.6 Å². The van der Waals surface area contributed by atoms with E-state index in [-0.39, 0.29) is 16.6 Å². The van der Waals surface area contributed by atoms with E-state index in [0.29, 0.717) is 26.9 Å². The molecule has 0 saturated heterocycles. The Hall–Kier alpha value is -2.90. The molecular weight excluding hydrogens is 398 g/mol. The van der Waals surface area contributed by atoms with Gasteiger partial charge in [0, 0.05) is 5.02 Å². The van der Waals surface area contributed by atoms with Crippen molar-refractivity contribution in [2.45, 2.75) is 12.2 Å². The van der Waals surface area contributed by atoms with Gasteiger partial charge >= 0.3 is 5.63 Å². The van der Waals surface area contributed by atoms with Crippen LogP contribution in [0.1, 0.15) is 18.1 Å². The maximum absolute atomic E-state index is 12.4. The number of thioether (sulfide) groups is 1. The molecule has 4 rings (SSSR count). The molecule has 2 aromatic carbocycles. The number of nitrogens with zero attached hydrogens (tertiary/aromatic N) is 3. The van der Waals surface area contributed by atoms with Crippen molar-refractivity contribution in [2.75, 3.05) is 0 Å². The third-order valence-electron chi connectivity index (χ3n) is 4.15. The zero-order valence-corrected chi connectivity index (χ0v) is 16.2. The van der Waals surface area contributed by atoms with Crippen LogP contribution in [0.3, 0.4) is 0 Å². The summed E-state index contributed by atoms with van der Waals surface area (Å²) in [5.74, 6) is -0.135. The largest absolute Gasteiger partial charge is 0.506 e. The molecule has 0 spiro atoms. The fourth-order valence-corrected chi connectivity index (χ4v) is 3.76. The van der Waals surface area contributed by atoms with Gasteiger partial charge in [0.25, 0.3) is 0 Å². The van der Waals surface area contributed by atoms with Crippen LogP contribution in [0, 0.1) is 0 Å². The summed E-state index contributed by atoms with van der Waals surface area (Å²) in [6.45, 7) is 1.88. The van der Waals surface area contributed by atoms with E-state index in [1.807, 2.05) is 19.1 Å². The Kier molecular flexibility index (Phi) is 5.02. The van der Waals surface area contributed by atoms with Crippen LogP contribution in [0.2, 0.25) is 5.02 Å². The number of aliphatic imine (C=N–C) groups is 1. The number of amidine groups is 1. The quantitative estimate of drug-likeness (QED) is 0.391. The van der Waals surface area contributed by atoms with Gasteiger partial charge in [-0.3, -0.25) is 0 Å². The number of hydrogen-bond acceptors (Lipinski definition) is 6. The molecule has 140 valence electrons. The molecule has 0 aliphatic carbocycles. The SMILES string of the molecule is C[C@H]1S/C(=N\N=C\c2ccc(Cl)cc2)N=C1c1c(O)c2ccccc2oc1=O. The Morgan fingerprint density at radius 3 is 2.75 bits per heavy atom. The number of rotatable bonds is 3. The molecule has 8 heteroatoms. The predicted octanol–water partition coefficient (Wildman–Crippen LogP) is 4.47. The molecule has 1 aromatic heterocycles. The van der Waals surface area contributed by atoms with E-state index in [1.54, 1.807) is 42.6 Å². The topological polar surface area (TPSA) is 87.5 Å². The number of para-hydroxylation sites is 1. The molecule has 3 aromatic rings. The molecule has 1 aliphatic rings. The van der Waals surface area contributed by atoms with Crippen molar-refractivity contribution in [1.82, 2.24) is 0 Å². The average Bonchev–Trinajstić information content (AvgIpc) is 3.04. The number of fused-ring (bicyclic) bond motifs is 1. The van der Waals surface area contributed by atoms with Gasteiger partial charge in [-0.05, 0) is 36.8 Å². The normalized spacial score (nSPS) is 18.3. The molecule has 0 amide bonds. The Morgan fingerprint density at radius 2 is 1.96 bits per heavy atom. The first-order valence-corrected chi connectivity index (χ1v) is 9.65. The summed E-state index contributed by atoms with van der Waals surface area (Å²) in [6.07, 6.45) is 1.59. The van der Waals surface area contributed by atoms with Crippen LogP contribution in [-0.4, -0.2) is 27.5 Å². The zero-order valence-electron chi connectivity index (χ0n) is 14.7. The Balaban J connectivity index is 1.68. The lowest BCUT2D eigenvalue weighted by molar-refractivity contribution is 0.466. The highest BCUT2D eigenvalue weighted by Crippen LogP contribution is 2.32. The van der Waals surface area contributed by atoms with E-state index >= 15 is 0 Å². The minimum absolute atomic E-state index is 0.0607. The van der Waals surface area contributed by atoms with Crippen LogP contribution >= 0.6 is 23.4 Å². The van der Waals surface area contributed by atoms with Crippen molar-refractivity contribution in [3.63, 3.8) is 0 Å². The van der Waals surface area contributed by atoms with Crippen molar-refractivity contribution < 1.29 is 9.52 Å². The van der Waals surface area contributed by atoms with Gasteiger partial charge in [-0.2, -0.15) is 5.10 Å². The summed E-state index contributed by atoms with van der Waals surface area (Å²) in [4.78, 5) is 16.8. The molecule has 0 unspecified atom stereocenters. The first-order valence-electron chi connectivity index (χ1n) is 8.40. The maximum Gasteiger partial charge on any atom is 0.349 e. The van der Waals surface area contributed by atoms with Crippen LogP contribution in [0.4, 0.5) is 0 Å². The van der Waals surface area contributed by atoms with Crippen molar-refractivity contribution in [1.29, 1.82) is 0 Å². The maximum atomic E-state index is 12.4. The van der Waals surface area contributed by atoms with Gasteiger partial charge in [-0.15, -0.1) is 5.10 Å². The molecule has 1 atom stereocenters. The summed E-state index contributed by atoms with van der Waals surface area (Å²) in [7, 11) is 0. The number of hydrogen-bond donors (Lipinski definition) is 1. The minimum Gasteiger partial charge on any atom is -0.506 e. The van der Waals surface area contributed by atoms with Crippen molar-refractivity contribution in [3.8, 4) is 5.75 Å². The Morgan fingerprint density at radius 1 is 1.21 bits per heavy atom. The first-order chi connectivity index (χ1) is 13.5. The smallest absolute Gasteiger partial charge is 0.349 e. The highest BCUT2D eigenvalue weighted by atomic mass is 35.5. The van der Waals surface area contributed by atoms with E-state index in [2.05, 4.69) is 15.2 Å². The second-order valence-electron chi connectivity index (χ2n) is 6.05. The van der Waals surface area contributed by atoms with Gasteiger partial charge in [0.1, 0.15) is 16.9 Å². The van der Waals surface area contributed by atoms with Gasteiger partial charge in [-0.25, -0.2) is 9.79 Å². The average molecular weight is 412 g/mol. The lowest BCUT2D eigenvalue weighted by Crippen LogP contribution is -2.20. The zero-order chi connectivity index (χ0) is 19.7. The number of benzene rings is 2. The van der Waals surface area contributed by atoms with Crippen LogP contribution in [-0.2, 0) is 0 Å². The van der Waals surface area contributed by atoms with Gasteiger partial charge in [0.05, 0.1) is 22.6 Å². The van der Waals surface area contributed by atoms with E-state index in [4.69, 9.17) is 16.0 Å². The van der Waals surface area contributed by atoms with Crippen LogP contribution in [0.25, 0.3) is 11.0 Å².